The van der Waals surface area contributed by atoms with Gasteiger partial charge in [-0.25, -0.2) is 0 Å². The monoisotopic (exact) mass is 266 g/mol. The van der Waals surface area contributed by atoms with E-state index in [2.05, 4.69) is 0 Å². The van der Waals surface area contributed by atoms with Crippen molar-refractivity contribution in [3.05, 3.63) is 23.8 Å². The number of amides is 1. The number of nitrogens with zero attached hydrogens (tertiary/aromatic N) is 1. The zero-order valence-electron chi connectivity index (χ0n) is 11.8. The van der Waals surface area contributed by atoms with Crippen LogP contribution in [0.1, 0.15) is 23.7 Å². The predicted octanol–water partition coefficient (Wildman–Crippen LogP) is 1.51. The van der Waals surface area contributed by atoms with Crippen LogP contribution in [-0.2, 0) is 0 Å². The van der Waals surface area contributed by atoms with E-state index < -0.39 is 0 Å². The second-order valence-corrected chi connectivity index (χ2v) is 4.15. The maximum Gasteiger partial charge on any atom is 0.254 e. The number of nitrogens with two attached hydrogens (primary N) is 1. The molecule has 0 bridgehead atoms. The van der Waals surface area contributed by atoms with Crippen LogP contribution in [0.4, 0.5) is 0 Å². The molecule has 1 amide bonds. The molecular weight excluding hydrogens is 244 g/mol. The largest absolute Gasteiger partial charge is 0.493 e. The van der Waals surface area contributed by atoms with Gasteiger partial charge in [-0.05, 0) is 24.6 Å². The fourth-order valence-corrected chi connectivity index (χ4v) is 1.89. The van der Waals surface area contributed by atoms with E-state index in [1.807, 2.05) is 6.92 Å². The van der Waals surface area contributed by atoms with Crippen molar-refractivity contribution in [2.24, 2.45) is 5.73 Å². The molecule has 0 spiro atoms. The molecule has 0 unspecified atom stereocenters. The molecule has 0 saturated carbocycles. The van der Waals surface area contributed by atoms with Gasteiger partial charge >= 0.3 is 0 Å². The Balaban J connectivity index is 2.97. The number of ether oxygens (including phenoxy) is 2. The minimum absolute atomic E-state index is 0.0340. The van der Waals surface area contributed by atoms with Gasteiger partial charge in [-0.15, -0.1) is 0 Å². The molecule has 0 fully saturated rings. The van der Waals surface area contributed by atoms with Gasteiger partial charge < -0.3 is 20.1 Å². The molecule has 0 saturated heterocycles. The standard InChI is InChI=1S/C14H22N2O3/c1-4-8-16(9-7-15)14(17)11-5-6-12(18-2)13(10-11)19-3/h5-6,10H,4,7-9,15H2,1-3H3. The van der Waals surface area contributed by atoms with Crippen molar-refractivity contribution < 1.29 is 14.3 Å². The number of benzene rings is 1. The van der Waals surface area contributed by atoms with Crippen LogP contribution in [0.25, 0.3) is 0 Å². The minimum Gasteiger partial charge on any atom is -0.493 e. The SMILES string of the molecule is CCCN(CCN)C(=O)c1ccc(OC)c(OC)c1. The lowest BCUT2D eigenvalue weighted by atomic mass is 10.1. The van der Waals surface area contributed by atoms with E-state index in [1.54, 1.807) is 37.3 Å². The third-order valence-corrected chi connectivity index (χ3v) is 2.81. The molecule has 1 rings (SSSR count). The molecule has 0 atom stereocenters. The summed E-state index contributed by atoms with van der Waals surface area (Å²) in [6.07, 6.45) is 0.902. The first-order valence-electron chi connectivity index (χ1n) is 6.39. The Hall–Kier alpha value is -1.75. The molecule has 19 heavy (non-hydrogen) atoms. The lowest BCUT2D eigenvalue weighted by Gasteiger charge is -2.21. The number of carbonyl (C=O) groups excluding carboxylic acids is 1. The van der Waals surface area contributed by atoms with Crippen LogP contribution in [0.2, 0.25) is 0 Å². The van der Waals surface area contributed by atoms with Crippen molar-refractivity contribution in [3.63, 3.8) is 0 Å². The Morgan fingerprint density at radius 3 is 2.42 bits per heavy atom. The van der Waals surface area contributed by atoms with E-state index in [9.17, 15) is 4.79 Å². The van der Waals surface area contributed by atoms with Crippen LogP contribution in [0.5, 0.6) is 11.5 Å². The fraction of sp³-hybridized carbons (Fsp3) is 0.500. The summed E-state index contributed by atoms with van der Waals surface area (Å²) in [7, 11) is 3.12. The van der Waals surface area contributed by atoms with Gasteiger partial charge in [-0.1, -0.05) is 6.92 Å². The van der Waals surface area contributed by atoms with Crippen molar-refractivity contribution in [2.75, 3.05) is 33.9 Å². The molecule has 2 N–H and O–H groups in total. The van der Waals surface area contributed by atoms with E-state index >= 15 is 0 Å². The van der Waals surface area contributed by atoms with Crippen molar-refractivity contribution in [2.45, 2.75) is 13.3 Å². The van der Waals surface area contributed by atoms with E-state index in [4.69, 9.17) is 15.2 Å². The van der Waals surface area contributed by atoms with Crippen LogP contribution >= 0.6 is 0 Å². The molecule has 5 heteroatoms. The van der Waals surface area contributed by atoms with Crippen molar-refractivity contribution in [1.82, 2.24) is 4.90 Å². The smallest absolute Gasteiger partial charge is 0.254 e. The van der Waals surface area contributed by atoms with Crippen LogP contribution in [0.15, 0.2) is 18.2 Å². The van der Waals surface area contributed by atoms with E-state index in [0.29, 0.717) is 36.7 Å². The second kappa shape index (κ2) is 7.63. The first-order valence-corrected chi connectivity index (χ1v) is 6.39. The number of rotatable bonds is 7. The van der Waals surface area contributed by atoms with Crippen LogP contribution in [-0.4, -0.2) is 44.7 Å². The average Bonchev–Trinajstić information content (AvgIpc) is 2.45. The molecule has 1 aromatic rings. The number of carbonyl (C=O) groups is 1. The zero-order chi connectivity index (χ0) is 14.3. The summed E-state index contributed by atoms with van der Waals surface area (Å²) in [6, 6.07) is 5.17. The summed E-state index contributed by atoms with van der Waals surface area (Å²) in [6.45, 7) is 3.75. The number of methoxy groups -OCH3 is 2. The average molecular weight is 266 g/mol. The third-order valence-electron chi connectivity index (χ3n) is 2.81. The molecule has 0 radical (unpaired) electrons. The van der Waals surface area contributed by atoms with Crippen LogP contribution < -0.4 is 15.2 Å². The summed E-state index contributed by atoms with van der Waals surface area (Å²) in [4.78, 5) is 14.1. The van der Waals surface area contributed by atoms with Gasteiger partial charge in [-0.3, -0.25) is 4.79 Å². The first kappa shape index (κ1) is 15.3. The summed E-state index contributed by atoms with van der Waals surface area (Å²) in [5.74, 6) is 1.13. The molecule has 0 aliphatic rings. The van der Waals surface area contributed by atoms with Crippen molar-refractivity contribution in [3.8, 4) is 11.5 Å². The van der Waals surface area contributed by atoms with Gasteiger partial charge in [0.1, 0.15) is 0 Å². The molecule has 1 aromatic carbocycles. The molecule has 0 aliphatic carbocycles. The van der Waals surface area contributed by atoms with E-state index in [0.717, 1.165) is 6.42 Å². The Labute approximate surface area is 114 Å². The lowest BCUT2D eigenvalue weighted by Crippen LogP contribution is -2.35. The van der Waals surface area contributed by atoms with Crippen LogP contribution in [0.3, 0.4) is 0 Å². The third kappa shape index (κ3) is 3.86. The van der Waals surface area contributed by atoms with Crippen molar-refractivity contribution in [1.29, 1.82) is 0 Å². The summed E-state index contributed by atoms with van der Waals surface area (Å²) < 4.78 is 10.4. The maximum atomic E-state index is 12.4. The molecule has 0 aromatic heterocycles. The maximum absolute atomic E-state index is 12.4. The Morgan fingerprint density at radius 1 is 1.21 bits per heavy atom. The second-order valence-electron chi connectivity index (χ2n) is 4.15. The summed E-state index contributed by atoms with van der Waals surface area (Å²) >= 11 is 0. The van der Waals surface area contributed by atoms with Gasteiger partial charge in [0.25, 0.3) is 5.91 Å². The van der Waals surface area contributed by atoms with E-state index in [-0.39, 0.29) is 5.91 Å². The van der Waals surface area contributed by atoms with Gasteiger partial charge in [-0.2, -0.15) is 0 Å². The highest BCUT2D eigenvalue weighted by molar-refractivity contribution is 5.95. The highest BCUT2D eigenvalue weighted by atomic mass is 16.5. The fourth-order valence-electron chi connectivity index (χ4n) is 1.89. The topological polar surface area (TPSA) is 64.8 Å². The lowest BCUT2D eigenvalue weighted by molar-refractivity contribution is 0.0760. The van der Waals surface area contributed by atoms with Crippen molar-refractivity contribution >= 4 is 5.91 Å². The highest BCUT2D eigenvalue weighted by Crippen LogP contribution is 2.28. The highest BCUT2D eigenvalue weighted by Gasteiger charge is 2.16. The Kier molecular flexibility index (Phi) is 6.15. The van der Waals surface area contributed by atoms with Gasteiger partial charge in [0.15, 0.2) is 11.5 Å². The van der Waals surface area contributed by atoms with Gasteiger partial charge in [0.2, 0.25) is 0 Å². The molecular formula is C14H22N2O3. The predicted molar refractivity (Wildman–Crippen MR) is 74.8 cm³/mol. The molecule has 0 aliphatic heterocycles. The number of hydrogen-bond acceptors (Lipinski definition) is 4. The van der Waals surface area contributed by atoms with Gasteiger partial charge in [0, 0.05) is 25.2 Å². The first-order chi connectivity index (χ1) is 9.17. The molecule has 106 valence electrons. The minimum atomic E-state index is -0.0340. The Bertz CT molecular complexity index is 415. The molecule has 5 nitrogen and oxygen atoms in total. The normalized spacial score (nSPS) is 10.1. The van der Waals surface area contributed by atoms with E-state index in [1.165, 1.54) is 0 Å². The molecule has 0 heterocycles. The number of hydrogen-bond donors (Lipinski definition) is 1. The summed E-state index contributed by atoms with van der Waals surface area (Å²) in [5, 5.41) is 0. The Morgan fingerprint density at radius 2 is 1.89 bits per heavy atom. The summed E-state index contributed by atoms with van der Waals surface area (Å²) in [5.41, 5.74) is 6.12. The quantitative estimate of drug-likeness (QED) is 0.812. The van der Waals surface area contributed by atoms with Crippen LogP contribution in [0, 0.1) is 0 Å². The van der Waals surface area contributed by atoms with Gasteiger partial charge in [0.05, 0.1) is 14.2 Å². The zero-order valence-corrected chi connectivity index (χ0v) is 11.8.